The zero-order chi connectivity index (χ0) is 7.56. The molecule has 0 amide bonds. The maximum Gasteiger partial charge on any atom is 0.152 e. The SMILES string of the molecule is Cc1n[c]sc1CN(C)C. The quantitative estimate of drug-likeness (QED) is 0.640. The zero-order valence-electron chi connectivity index (χ0n) is 6.51. The molecule has 55 valence electrons. The summed E-state index contributed by atoms with van der Waals surface area (Å²) in [7, 11) is 4.11. The molecule has 0 spiro atoms. The van der Waals surface area contributed by atoms with Gasteiger partial charge in [0, 0.05) is 11.4 Å². The fourth-order valence-corrected chi connectivity index (χ4v) is 1.53. The van der Waals surface area contributed by atoms with Crippen molar-refractivity contribution >= 4 is 11.3 Å². The van der Waals surface area contributed by atoms with Gasteiger partial charge >= 0.3 is 0 Å². The number of hydrogen-bond acceptors (Lipinski definition) is 3. The molecule has 3 heteroatoms. The van der Waals surface area contributed by atoms with Crippen molar-refractivity contribution in [3.63, 3.8) is 0 Å². The summed E-state index contributed by atoms with van der Waals surface area (Å²) < 4.78 is 0. The van der Waals surface area contributed by atoms with Gasteiger partial charge in [-0.25, -0.2) is 4.98 Å². The maximum absolute atomic E-state index is 4.04. The topological polar surface area (TPSA) is 16.1 Å². The Morgan fingerprint density at radius 3 is 2.70 bits per heavy atom. The molecule has 0 unspecified atom stereocenters. The van der Waals surface area contributed by atoms with E-state index in [-0.39, 0.29) is 0 Å². The van der Waals surface area contributed by atoms with Crippen molar-refractivity contribution in [2.24, 2.45) is 0 Å². The molecule has 1 radical (unpaired) electrons. The van der Waals surface area contributed by atoms with Crippen molar-refractivity contribution in [2.45, 2.75) is 13.5 Å². The first kappa shape index (κ1) is 7.69. The summed E-state index contributed by atoms with van der Waals surface area (Å²) in [6.07, 6.45) is 0. The molecule has 0 bridgehead atoms. The highest BCUT2D eigenvalue weighted by molar-refractivity contribution is 7.09. The summed E-state index contributed by atoms with van der Waals surface area (Å²) in [5, 5.41) is 0. The monoisotopic (exact) mass is 155 g/mol. The van der Waals surface area contributed by atoms with Crippen LogP contribution in [0.4, 0.5) is 0 Å². The van der Waals surface area contributed by atoms with Crippen molar-refractivity contribution in [1.82, 2.24) is 9.88 Å². The van der Waals surface area contributed by atoms with Gasteiger partial charge in [0.1, 0.15) is 0 Å². The summed E-state index contributed by atoms with van der Waals surface area (Å²) in [5.74, 6) is 0. The van der Waals surface area contributed by atoms with Gasteiger partial charge < -0.3 is 4.90 Å². The van der Waals surface area contributed by atoms with Gasteiger partial charge in [0.05, 0.1) is 5.69 Å². The lowest BCUT2D eigenvalue weighted by molar-refractivity contribution is 0.405. The molecule has 0 saturated carbocycles. The van der Waals surface area contributed by atoms with E-state index < -0.39 is 0 Å². The predicted molar refractivity (Wildman–Crippen MR) is 43.1 cm³/mol. The highest BCUT2D eigenvalue weighted by atomic mass is 32.1. The van der Waals surface area contributed by atoms with Crippen LogP contribution in [-0.2, 0) is 6.54 Å². The second-order valence-corrected chi connectivity index (χ2v) is 3.43. The Morgan fingerprint density at radius 1 is 1.60 bits per heavy atom. The first-order chi connectivity index (χ1) is 4.70. The van der Waals surface area contributed by atoms with Crippen LogP contribution in [0.3, 0.4) is 0 Å². The first-order valence-corrected chi connectivity index (χ1v) is 3.99. The standard InChI is InChI=1S/C7H11N2S/c1-6-7(4-9(2)3)10-5-8-6/h4H2,1-3H3. The molecule has 1 heterocycles. The van der Waals surface area contributed by atoms with E-state index in [1.807, 2.05) is 6.92 Å². The van der Waals surface area contributed by atoms with Crippen LogP contribution in [-0.4, -0.2) is 24.0 Å². The zero-order valence-corrected chi connectivity index (χ0v) is 7.33. The molecular weight excluding hydrogens is 144 g/mol. The molecule has 0 aromatic carbocycles. The van der Waals surface area contributed by atoms with Crippen LogP contribution in [0, 0.1) is 12.4 Å². The maximum atomic E-state index is 4.04. The second-order valence-electron chi connectivity index (χ2n) is 2.55. The van der Waals surface area contributed by atoms with Crippen molar-refractivity contribution in [3.05, 3.63) is 16.1 Å². The van der Waals surface area contributed by atoms with Crippen LogP contribution >= 0.6 is 11.3 Å². The lowest BCUT2D eigenvalue weighted by Gasteiger charge is -2.06. The molecule has 1 aromatic heterocycles. The molecule has 10 heavy (non-hydrogen) atoms. The van der Waals surface area contributed by atoms with Gasteiger partial charge in [-0.15, -0.1) is 11.3 Å². The Labute approximate surface area is 65.5 Å². The highest BCUT2D eigenvalue weighted by Gasteiger charge is 2.01. The van der Waals surface area contributed by atoms with Gasteiger partial charge in [0.15, 0.2) is 5.51 Å². The number of aryl methyl sites for hydroxylation is 1. The van der Waals surface area contributed by atoms with E-state index in [1.165, 1.54) is 4.88 Å². The number of rotatable bonds is 2. The van der Waals surface area contributed by atoms with E-state index in [9.17, 15) is 0 Å². The first-order valence-electron chi connectivity index (χ1n) is 3.17. The Balaban J connectivity index is 2.65. The molecule has 1 rings (SSSR count). The Morgan fingerprint density at radius 2 is 2.30 bits per heavy atom. The second kappa shape index (κ2) is 3.12. The van der Waals surface area contributed by atoms with Crippen LogP contribution < -0.4 is 0 Å². The molecule has 0 fully saturated rings. The summed E-state index contributed by atoms with van der Waals surface area (Å²) in [6.45, 7) is 3.00. The predicted octanol–water partition coefficient (Wildman–Crippen LogP) is 1.31. The Kier molecular flexibility index (Phi) is 2.40. The number of aromatic nitrogens is 1. The Bertz CT molecular complexity index is 205. The molecular formula is C7H11N2S. The third-order valence-corrected chi connectivity index (χ3v) is 2.10. The van der Waals surface area contributed by atoms with Crippen LogP contribution in [0.5, 0.6) is 0 Å². The van der Waals surface area contributed by atoms with E-state index in [0.29, 0.717) is 0 Å². The van der Waals surface area contributed by atoms with Gasteiger partial charge in [0.2, 0.25) is 0 Å². The molecule has 1 aromatic rings. The summed E-state index contributed by atoms with van der Waals surface area (Å²) in [6, 6.07) is 0. The third-order valence-electron chi connectivity index (χ3n) is 1.25. The van der Waals surface area contributed by atoms with Crippen LogP contribution in [0.15, 0.2) is 0 Å². The highest BCUT2D eigenvalue weighted by Crippen LogP contribution is 2.12. The fraction of sp³-hybridized carbons (Fsp3) is 0.571. The van der Waals surface area contributed by atoms with Crippen molar-refractivity contribution in [3.8, 4) is 0 Å². The van der Waals surface area contributed by atoms with E-state index in [2.05, 4.69) is 29.5 Å². The van der Waals surface area contributed by atoms with Gasteiger partial charge in [-0.3, -0.25) is 0 Å². The Hall–Kier alpha value is -0.410. The minimum Gasteiger partial charge on any atom is -0.304 e. The van der Waals surface area contributed by atoms with Crippen LogP contribution in [0.1, 0.15) is 10.6 Å². The van der Waals surface area contributed by atoms with E-state index in [0.717, 1.165) is 12.2 Å². The van der Waals surface area contributed by atoms with Crippen molar-refractivity contribution in [1.29, 1.82) is 0 Å². The molecule has 0 aliphatic heterocycles. The number of hydrogen-bond donors (Lipinski definition) is 0. The molecule has 0 aliphatic carbocycles. The minimum absolute atomic E-state index is 0.979. The lowest BCUT2D eigenvalue weighted by atomic mass is 10.4. The largest absolute Gasteiger partial charge is 0.304 e. The number of nitrogens with zero attached hydrogens (tertiary/aromatic N) is 2. The van der Waals surface area contributed by atoms with Crippen molar-refractivity contribution in [2.75, 3.05) is 14.1 Å². The molecule has 0 saturated heterocycles. The molecule has 0 N–H and O–H groups in total. The van der Waals surface area contributed by atoms with Crippen molar-refractivity contribution < 1.29 is 0 Å². The van der Waals surface area contributed by atoms with Gasteiger partial charge in [0.25, 0.3) is 0 Å². The van der Waals surface area contributed by atoms with Crippen LogP contribution in [0.25, 0.3) is 0 Å². The molecule has 0 atom stereocenters. The summed E-state index contributed by atoms with van der Waals surface area (Å²) >= 11 is 1.60. The fourth-order valence-electron chi connectivity index (χ4n) is 0.716. The number of thiazole rings is 1. The van der Waals surface area contributed by atoms with E-state index >= 15 is 0 Å². The summed E-state index contributed by atoms with van der Waals surface area (Å²) in [4.78, 5) is 7.48. The van der Waals surface area contributed by atoms with Crippen LogP contribution in [0.2, 0.25) is 0 Å². The average molecular weight is 155 g/mol. The van der Waals surface area contributed by atoms with E-state index in [4.69, 9.17) is 0 Å². The normalized spacial score (nSPS) is 10.8. The minimum atomic E-state index is 0.979. The van der Waals surface area contributed by atoms with Gasteiger partial charge in [-0.05, 0) is 21.0 Å². The van der Waals surface area contributed by atoms with Gasteiger partial charge in [-0.2, -0.15) is 0 Å². The smallest absolute Gasteiger partial charge is 0.152 e. The lowest BCUT2D eigenvalue weighted by Crippen LogP contribution is -2.10. The molecule has 0 aliphatic rings. The van der Waals surface area contributed by atoms with E-state index in [1.54, 1.807) is 11.3 Å². The third kappa shape index (κ3) is 1.78. The molecule has 2 nitrogen and oxygen atoms in total. The van der Waals surface area contributed by atoms with Gasteiger partial charge in [-0.1, -0.05) is 0 Å². The summed E-state index contributed by atoms with van der Waals surface area (Å²) in [5.41, 5.74) is 3.98. The average Bonchev–Trinajstić information content (AvgIpc) is 2.15.